The average molecular weight is 330 g/mol. The van der Waals surface area contributed by atoms with Gasteiger partial charge in [-0.2, -0.15) is 0 Å². The predicted molar refractivity (Wildman–Crippen MR) is 80.6 cm³/mol. The minimum absolute atomic E-state index is 0.0128. The maximum absolute atomic E-state index is 12.4. The summed E-state index contributed by atoms with van der Waals surface area (Å²) in [5.74, 6) is -0.282. The number of rotatable bonds is 1. The molecule has 3 atom stereocenters. The smallest absolute Gasteiger partial charge is 0.238 e. The van der Waals surface area contributed by atoms with Crippen LogP contribution in [-0.2, 0) is 0 Å². The Kier molecular flexibility index (Phi) is 3.07. The number of ketones is 1. The summed E-state index contributed by atoms with van der Waals surface area (Å²) in [6.45, 7) is 1.75. The third-order valence-corrected chi connectivity index (χ3v) is 4.00. The largest absolute Gasteiger partial charge is 0.508 e. The predicted octanol–water partition coefficient (Wildman–Crippen LogP) is 1.89. The van der Waals surface area contributed by atoms with E-state index in [0.29, 0.717) is 17.1 Å². The monoisotopic (exact) mass is 330 g/mol. The number of aromatic hydroxyl groups is 2. The number of benzene rings is 2. The summed E-state index contributed by atoms with van der Waals surface area (Å²) in [7, 11) is 0. The molecule has 24 heavy (non-hydrogen) atoms. The third-order valence-electron chi connectivity index (χ3n) is 4.00. The van der Waals surface area contributed by atoms with Gasteiger partial charge in [0, 0.05) is 19.1 Å². The Morgan fingerprint density at radius 1 is 0.958 bits per heavy atom. The fraction of sp³-hybridized carbons (Fsp3) is 0.235. The lowest BCUT2D eigenvalue weighted by Gasteiger charge is -2.30. The van der Waals surface area contributed by atoms with Crippen LogP contribution in [0.4, 0.5) is 0 Å². The van der Waals surface area contributed by atoms with Crippen LogP contribution in [0, 0.1) is 0 Å². The number of hydrogen-bond acceptors (Lipinski definition) is 7. The minimum atomic E-state index is -1.49. The van der Waals surface area contributed by atoms with E-state index in [1.807, 2.05) is 0 Å². The summed E-state index contributed by atoms with van der Waals surface area (Å²) in [6.07, 6.45) is -2.90. The molecular weight excluding hydrogens is 316 g/mol. The number of aliphatic hydroxyl groups is 1. The van der Waals surface area contributed by atoms with Gasteiger partial charge in [-0.25, -0.2) is 0 Å². The lowest BCUT2D eigenvalue weighted by atomic mass is 9.92. The average Bonchev–Trinajstić information content (AvgIpc) is 2.89. The molecule has 3 N–H and O–H groups in total. The van der Waals surface area contributed by atoms with E-state index in [1.54, 1.807) is 25.1 Å². The van der Waals surface area contributed by atoms with Gasteiger partial charge in [0.25, 0.3) is 0 Å². The van der Waals surface area contributed by atoms with Crippen LogP contribution in [-0.4, -0.2) is 33.5 Å². The molecule has 2 aliphatic heterocycles. The van der Waals surface area contributed by atoms with Crippen LogP contribution in [0.3, 0.4) is 0 Å². The second-order valence-corrected chi connectivity index (χ2v) is 5.70. The first-order valence-corrected chi connectivity index (χ1v) is 7.36. The first-order chi connectivity index (χ1) is 11.4. The lowest BCUT2D eigenvalue weighted by Crippen LogP contribution is -2.36. The Hall–Kier alpha value is -2.93. The molecule has 0 fully saturated rings. The van der Waals surface area contributed by atoms with Crippen molar-refractivity contribution in [2.24, 2.45) is 0 Å². The van der Waals surface area contributed by atoms with Crippen molar-refractivity contribution in [3.05, 3.63) is 41.5 Å². The number of hydrogen-bond donors (Lipinski definition) is 3. The number of phenolic OH excluding ortho intramolecular Hbond substituents is 2. The normalized spacial score (nSPS) is 24.4. The number of carbonyl (C=O) groups excluding carboxylic acids is 1. The SMILES string of the molecule is CC1Oc2ccc(C3Oc4cc(O)cc(O)c4C(=O)C3O)cc2O1. The van der Waals surface area contributed by atoms with E-state index in [-0.39, 0.29) is 17.1 Å². The molecule has 2 aromatic rings. The van der Waals surface area contributed by atoms with E-state index in [1.165, 1.54) is 6.07 Å². The quantitative estimate of drug-likeness (QED) is 0.733. The van der Waals surface area contributed by atoms with Crippen LogP contribution in [0.25, 0.3) is 0 Å². The van der Waals surface area contributed by atoms with Gasteiger partial charge in [-0.15, -0.1) is 0 Å². The van der Waals surface area contributed by atoms with Crippen molar-refractivity contribution >= 4 is 5.78 Å². The van der Waals surface area contributed by atoms with Crippen molar-refractivity contribution in [1.29, 1.82) is 0 Å². The van der Waals surface area contributed by atoms with Gasteiger partial charge in [0.15, 0.2) is 23.7 Å². The van der Waals surface area contributed by atoms with Gasteiger partial charge in [0.2, 0.25) is 12.1 Å². The van der Waals surface area contributed by atoms with Gasteiger partial charge >= 0.3 is 0 Å². The molecular formula is C17H14O7. The Balaban J connectivity index is 1.75. The number of carbonyl (C=O) groups is 1. The third kappa shape index (κ3) is 2.13. The number of Topliss-reactive ketones (excluding diaryl/α,β-unsaturated/α-hetero) is 1. The Bertz CT molecular complexity index is 845. The van der Waals surface area contributed by atoms with Crippen molar-refractivity contribution < 1.29 is 34.3 Å². The van der Waals surface area contributed by atoms with E-state index >= 15 is 0 Å². The molecule has 2 heterocycles. The molecule has 0 saturated carbocycles. The second kappa shape index (κ2) is 5.04. The molecule has 2 aromatic carbocycles. The second-order valence-electron chi connectivity index (χ2n) is 5.70. The molecule has 0 amide bonds. The fourth-order valence-electron chi connectivity index (χ4n) is 2.94. The maximum Gasteiger partial charge on any atom is 0.238 e. The van der Waals surface area contributed by atoms with Crippen LogP contribution < -0.4 is 14.2 Å². The fourth-order valence-corrected chi connectivity index (χ4v) is 2.94. The molecule has 3 unspecified atom stereocenters. The van der Waals surface area contributed by atoms with Gasteiger partial charge in [0.1, 0.15) is 22.8 Å². The number of ether oxygens (including phenoxy) is 3. The van der Waals surface area contributed by atoms with Gasteiger partial charge in [0.05, 0.1) is 0 Å². The van der Waals surface area contributed by atoms with Crippen LogP contribution in [0.15, 0.2) is 30.3 Å². The minimum Gasteiger partial charge on any atom is -0.508 e. The molecule has 0 aliphatic carbocycles. The highest BCUT2D eigenvalue weighted by atomic mass is 16.7. The summed E-state index contributed by atoms with van der Waals surface area (Å²) in [4.78, 5) is 12.4. The number of phenols is 2. The van der Waals surface area contributed by atoms with E-state index in [2.05, 4.69) is 0 Å². The molecule has 0 aromatic heterocycles. The van der Waals surface area contributed by atoms with Crippen molar-refractivity contribution in [2.45, 2.75) is 25.4 Å². The van der Waals surface area contributed by atoms with Crippen molar-refractivity contribution in [3.8, 4) is 28.7 Å². The van der Waals surface area contributed by atoms with E-state index in [0.717, 1.165) is 6.07 Å². The van der Waals surface area contributed by atoms with E-state index < -0.39 is 30.0 Å². The molecule has 0 spiro atoms. The van der Waals surface area contributed by atoms with Gasteiger partial charge in [-0.1, -0.05) is 6.07 Å². The number of aliphatic hydroxyl groups excluding tert-OH is 1. The van der Waals surface area contributed by atoms with Crippen LogP contribution in [0.2, 0.25) is 0 Å². The maximum atomic E-state index is 12.4. The molecule has 2 aliphatic rings. The molecule has 0 bridgehead atoms. The first kappa shape index (κ1) is 14.6. The standard InChI is InChI=1S/C17H14O7/c1-7-22-11-3-2-8(4-12(11)23-7)17-16(21)15(20)14-10(19)5-9(18)6-13(14)24-17/h2-7,16-19,21H,1H3. The summed E-state index contributed by atoms with van der Waals surface area (Å²) in [6, 6.07) is 7.21. The topological polar surface area (TPSA) is 105 Å². The molecule has 0 saturated heterocycles. The summed E-state index contributed by atoms with van der Waals surface area (Å²) < 4.78 is 16.6. The highest BCUT2D eigenvalue weighted by Gasteiger charge is 2.39. The molecule has 7 heteroatoms. The Morgan fingerprint density at radius 3 is 2.50 bits per heavy atom. The van der Waals surface area contributed by atoms with Crippen molar-refractivity contribution in [3.63, 3.8) is 0 Å². The molecule has 0 radical (unpaired) electrons. The highest BCUT2D eigenvalue weighted by Crippen LogP contribution is 2.44. The first-order valence-electron chi connectivity index (χ1n) is 7.36. The summed E-state index contributed by atoms with van der Waals surface area (Å²) in [5, 5.41) is 29.7. The van der Waals surface area contributed by atoms with Gasteiger partial charge < -0.3 is 29.5 Å². The van der Waals surface area contributed by atoms with Gasteiger partial charge in [-0.3, -0.25) is 4.79 Å². The van der Waals surface area contributed by atoms with E-state index in [9.17, 15) is 20.1 Å². The van der Waals surface area contributed by atoms with Crippen LogP contribution >= 0.6 is 0 Å². The zero-order chi connectivity index (χ0) is 17.0. The lowest BCUT2D eigenvalue weighted by molar-refractivity contribution is 0.0209. The van der Waals surface area contributed by atoms with Crippen LogP contribution in [0.1, 0.15) is 28.9 Å². The van der Waals surface area contributed by atoms with E-state index in [4.69, 9.17) is 14.2 Å². The molecule has 4 rings (SSSR count). The van der Waals surface area contributed by atoms with Crippen LogP contribution in [0.5, 0.6) is 28.7 Å². The zero-order valence-corrected chi connectivity index (χ0v) is 12.6. The Morgan fingerprint density at radius 2 is 1.71 bits per heavy atom. The Labute approximate surface area is 136 Å². The molecule has 7 nitrogen and oxygen atoms in total. The zero-order valence-electron chi connectivity index (χ0n) is 12.6. The summed E-state index contributed by atoms with van der Waals surface area (Å²) >= 11 is 0. The van der Waals surface area contributed by atoms with Crippen molar-refractivity contribution in [1.82, 2.24) is 0 Å². The van der Waals surface area contributed by atoms with Gasteiger partial charge in [-0.05, 0) is 17.7 Å². The summed E-state index contributed by atoms with van der Waals surface area (Å²) in [5.41, 5.74) is 0.367. The highest BCUT2D eigenvalue weighted by molar-refractivity contribution is 6.05. The molecule has 124 valence electrons. The number of fused-ring (bicyclic) bond motifs is 2. The van der Waals surface area contributed by atoms with Crippen molar-refractivity contribution in [2.75, 3.05) is 0 Å².